The topological polar surface area (TPSA) is 101 Å². The van der Waals surface area contributed by atoms with Crippen LogP contribution in [0.4, 0.5) is 15.2 Å². The zero-order valence-electron chi connectivity index (χ0n) is 16.4. The molecule has 1 heterocycles. The van der Waals surface area contributed by atoms with Gasteiger partial charge in [-0.3, -0.25) is 14.8 Å². The number of anilines is 2. The number of sulfonamides is 1. The Morgan fingerprint density at radius 2 is 1.80 bits per heavy atom. The van der Waals surface area contributed by atoms with Crippen LogP contribution in [-0.2, 0) is 10.0 Å². The molecule has 0 aliphatic rings. The van der Waals surface area contributed by atoms with Gasteiger partial charge < -0.3 is 0 Å². The highest BCUT2D eigenvalue weighted by Gasteiger charge is 2.18. The van der Waals surface area contributed by atoms with Crippen molar-refractivity contribution in [1.29, 1.82) is 0 Å². The molecule has 0 saturated heterocycles. The molecule has 2 aromatic carbocycles. The van der Waals surface area contributed by atoms with Crippen LogP contribution in [0.1, 0.15) is 48.0 Å². The van der Waals surface area contributed by atoms with E-state index in [1.807, 2.05) is 0 Å². The predicted molar refractivity (Wildman–Crippen MR) is 115 cm³/mol. The van der Waals surface area contributed by atoms with E-state index in [1.54, 1.807) is 0 Å². The molecule has 3 rings (SSSR count). The van der Waals surface area contributed by atoms with Crippen molar-refractivity contribution in [2.75, 3.05) is 10.0 Å². The fourth-order valence-corrected chi connectivity index (χ4v) is 4.90. The van der Waals surface area contributed by atoms with Crippen LogP contribution in [0.25, 0.3) is 0 Å². The molecule has 0 unspecified atom stereocenters. The molecule has 7 nitrogen and oxygen atoms in total. The smallest absolute Gasteiger partial charge is 0.261 e. The molecule has 158 valence electrons. The van der Waals surface area contributed by atoms with Gasteiger partial charge in [0.1, 0.15) is 10.8 Å². The van der Waals surface area contributed by atoms with E-state index in [1.165, 1.54) is 47.7 Å². The molecule has 0 radical (unpaired) electrons. The monoisotopic (exact) mass is 448 g/mol. The molecule has 0 fully saturated rings. The summed E-state index contributed by atoms with van der Waals surface area (Å²) >= 11 is 1.31. The first-order chi connectivity index (χ1) is 14.3. The van der Waals surface area contributed by atoms with Crippen molar-refractivity contribution in [3.8, 4) is 0 Å². The van der Waals surface area contributed by atoms with E-state index in [0.717, 1.165) is 30.0 Å². The van der Waals surface area contributed by atoms with Crippen molar-refractivity contribution < 1.29 is 17.6 Å². The van der Waals surface area contributed by atoms with Crippen LogP contribution in [0.15, 0.2) is 53.4 Å². The minimum absolute atomic E-state index is 0.0885. The third-order valence-corrected chi connectivity index (χ3v) is 6.88. The van der Waals surface area contributed by atoms with E-state index in [0.29, 0.717) is 11.0 Å². The highest BCUT2D eigenvalue weighted by atomic mass is 32.2. The molecular formula is C20H21FN4O3S2. The molecule has 0 bridgehead atoms. The fourth-order valence-electron chi connectivity index (χ4n) is 2.79. The number of carbonyl (C=O) groups excluding carboxylic acids is 1. The summed E-state index contributed by atoms with van der Waals surface area (Å²) in [6.45, 7) is 4.14. The Morgan fingerprint density at radius 1 is 1.10 bits per heavy atom. The van der Waals surface area contributed by atoms with Crippen molar-refractivity contribution in [1.82, 2.24) is 10.2 Å². The number of halogens is 1. The van der Waals surface area contributed by atoms with Crippen molar-refractivity contribution in [3.63, 3.8) is 0 Å². The van der Waals surface area contributed by atoms with Gasteiger partial charge in [0.15, 0.2) is 0 Å². The number of aromatic nitrogens is 2. The van der Waals surface area contributed by atoms with Crippen molar-refractivity contribution in [3.05, 3.63) is 64.9 Å². The van der Waals surface area contributed by atoms with Crippen LogP contribution in [0.5, 0.6) is 0 Å². The summed E-state index contributed by atoms with van der Waals surface area (Å²) in [6.07, 6.45) is 1.86. The van der Waals surface area contributed by atoms with E-state index >= 15 is 0 Å². The normalized spacial score (nSPS) is 11.5. The lowest BCUT2D eigenvalue weighted by molar-refractivity contribution is 0.102. The van der Waals surface area contributed by atoms with Gasteiger partial charge in [-0.05, 0) is 55.3 Å². The Labute approximate surface area is 178 Å². The molecular weight excluding hydrogens is 427 g/mol. The second-order valence-electron chi connectivity index (χ2n) is 6.55. The Bertz CT molecular complexity index is 1130. The van der Waals surface area contributed by atoms with Crippen LogP contribution in [-0.4, -0.2) is 24.5 Å². The second kappa shape index (κ2) is 9.31. The third-order valence-electron chi connectivity index (χ3n) is 4.50. The molecule has 10 heteroatoms. The molecule has 0 saturated carbocycles. The molecule has 30 heavy (non-hydrogen) atoms. The summed E-state index contributed by atoms with van der Waals surface area (Å²) in [5.74, 6) is -0.666. The van der Waals surface area contributed by atoms with E-state index < -0.39 is 21.7 Å². The first-order valence-electron chi connectivity index (χ1n) is 9.35. The lowest BCUT2D eigenvalue weighted by Gasteiger charge is -2.09. The maximum atomic E-state index is 13.0. The maximum absolute atomic E-state index is 13.0. The van der Waals surface area contributed by atoms with Gasteiger partial charge >= 0.3 is 0 Å². The van der Waals surface area contributed by atoms with E-state index in [2.05, 4.69) is 34.1 Å². The summed E-state index contributed by atoms with van der Waals surface area (Å²) in [5, 5.41) is 12.0. The standard InChI is InChI=1S/C20H21FN4O3S2/c1-3-13(4-2)19-23-24-20(29-19)22-18(26)14-6-5-7-17(12-14)30(27,28)25-16-10-8-15(21)9-11-16/h5-13,25H,3-4H2,1-2H3,(H,22,24,26). The maximum Gasteiger partial charge on any atom is 0.261 e. The SMILES string of the molecule is CCC(CC)c1nnc(NC(=O)c2cccc(S(=O)(=O)Nc3ccc(F)cc3)c2)s1. The Hall–Kier alpha value is -2.85. The first-order valence-corrected chi connectivity index (χ1v) is 11.7. The number of hydrogen-bond donors (Lipinski definition) is 2. The highest BCUT2D eigenvalue weighted by molar-refractivity contribution is 7.92. The molecule has 0 aliphatic heterocycles. The van der Waals surface area contributed by atoms with Crippen molar-refractivity contribution in [2.45, 2.75) is 37.5 Å². The Morgan fingerprint density at radius 3 is 2.47 bits per heavy atom. The molecule has 0 aliphatic carbocycles. The summed E-state index contributed by atoms with van der Waals surface area (Å²) in [4.78, 5) is 12.5. The lowest BCUT2D eigenvalue weighted by Crippen LogP contribution is -2.16. The highest BCUT2D eigenvalue weighted by Crippen LogP contribution is 2.28. The molecule has 0 atom stereocenters. The second-order valence-corrected chi connectivity index (χ2v) is 9.24. The van der Waals surface area contributed by atoms with Gasteiger partial charge in [-0.2, -0.15) is 0 Å². The van der Waals surface area contributed by atoms with E-state index in [9.17, 15) is 17.6 Å². The van der Waals surface area contributed by atoms with E-state index in [-0.39, 0.29) is 16.1 Å². The van der Waals surface area contributed by atoms with Crippen molar-refractivity contribution >= 4 is 38.1 Å². The van der Waals surface area contributed by atoms with Crippen LogP contribution in [0.2, 0.25) is 0 Å². The number of carbonyl (C=O) groups is 1. The van der Waals surface area contributed by atoms with E-state index in [4.69, 9.17) is 0 Å². The minimum atomic E-state index is -3.95. The van der Waals surface area contributed by atoms with Gasteiger partial charge in [0.25, 0.3) is 15.9 Å². The summed E-state index contributed by atoms with van der Waals surface area (Å²) < 4.78 is 40.6. The van der Waals surface area contributed by atoms with Crippen molar-refractivity contribution in [2.24, 2.45) is 0 Å². The molecule has 0 spiro atoms. The van der Waals surface area contributed by atoms with Gasteiger partial charge in [-0.25, -0.2) is 12.8 Å². The average molecular weight is 449 g/mol. The lowest BCUT2D eigenvalue weighted by atomic mass is 10.1. The third kappa shape index (κ3) is 5.19. The molecule has 2 N–H and O–H groups in total. The first kappa shape index (κ1) is 21.8. The van der Waals surface area contributed by atoms with Gasteiger partial charge in [0, 0.05) is 17.2 Å². The van der Waals surface area contributed by atoms with Gasteiger partial charge in [-0.1, -0.05) is 31.3 Å². The van der Waals surface area contributed by atoms with Crippen LogP contribution in [0.3, 0.4) is 0 Å². The average Bonchev–Trinajstić information content (AvgIpc) is 3.19. The van der Waals surface area contributed by atoms with Crippen LogP contribution >= 0.6 is 11.3 Å². The number of nitrogens with zero attached hydrogens (tertiary/aromatic N) is 2. The number of rotatable bonds is 8. The zero-order valence-corrected chi connectivity index (χ0v) is 18.1. The summed E-state index contributed by atoms with van der Waals surface area (Å²) in [5.41, 5.74) is 0.380. The van der Waals surface area contributed by atoms with Crippen LogP contribution in [0, 0.1) is 5.82 Å². The molecule has 1 amide bonds. The number of hydrogen-bond acceptors (Lipinski definition) is 6. The zero-order chi connectivity index (χ0) is 21.7. The van der Waals surface area contributed by atoms with Gasteiger partial charge in [0.2, 0.25) is 5.13 Å². The quantitative estimate of drug-likeness (QED) is 0.523. The summed E-state index contributed by atoms with van der Waals surface area (Å²) in [7, 11) is -3.95. The van der Waals surface area contributed by atoms with Gasteiger partial charge in [0.05, 0.1) is 4.90 Å². The predicted octanol–water partition coefficient (Wildman–Crippen LogP) is 4.63. The largest absolute Gasteiger partial charge is 0.296 e. The number of nitrogens with one attached hydrogen (secondary N) is 2. The fraction of sp³-hybridized carbons (Fsp3) is 0.250. The molecule has 1 aromatic heterocycles. The number of benzene rings is 2. The Kier molecular flexibility index (Phi) is 6.78. The Balaban J connectivity index is 1.76. The van der Waals surface area contributed by atoms with Crippen LogP contribution < -0.4 is 10.0 Å². The van der Waals surface area contributed by atoms with Gasteiger partial charge in [-0.15, -0.1) is 10.2 Å². The molecule has 3 aromatic rings. The minimum Gasteiger partial charge on any atom is -0.296 e. The summed E-state index contributed by atoms with van der Waals surface area (Å²) in [6, 6.07) is 10.6. The number of amides is 1.